The number of aryl methyl sites for hydroxylation is 2. The molecular weight excluding hydrogens is 498 g/mol. The zero-order valence-corrected chi connectivity index (χ0v) is 23.6. The van der Waals surface area contributed by atoms with Crippen LogP contribution in [0.4, 0.5) is 5.69 Å². The van der Waals surface area contributed by atoms with Crippen LogP contribution in [0.2, 0.25) is 5.02 Å². The summed E-state index contributed by atoms with van der Waals surface area (Å²) in [5.41, 5.74) is 3.26. The standard InChI is InChI=1S/C27H38ClN3O4S/c1-7-21(4)29-27(33)22(5)30(18-23-12-9-8-11-19(23)2)26(32)13-10-16-31(36(6,34)35)25-17-24(28)15-14-20(25)3/h8-9,11-12,14-15,17,21-22H,7,10,13,16,18H2,1-6H3,(H,29,33)/t21-,22+/m0/s1. The number of anilines is 1. The molecule has 0 saturated carbocycles. The van der Waals surface area contributed by atoms with Crippen molar-refractivity contribution in [2.75, 3.05) is 17.1 Å². The van der Waals surface area contributed by atoms with Gasteiger partial charge in [-0.25, -0.2) is 8.42 Å². The fourth-order valence-electron chi connectivity index (χ4n) is 3.85. The number of benzene rings is 2. The van der Waals surface area contributed by atoms with Crippen molar-refractivity contribution in [1.29, 1.82) is 0 Å². The predicted octanol–water partition coefficient (Wildman–Crippen LogP) is 4.84. The number of sulfonamides is 1. The van der Waals surface area contributed by atoms with Gasteiger partial charge in [0, 0.05) is 30.6 Å². The van der Waals surface area contributed by atoms with Gasteiger partial charge in [-0.05, 0) is 69.4 Å². The van der Waals surface area contributed by atoms with Crippen molar-refractivity contribution in [2.45, 2.75) is 72.5 Å². The van der Waals surface area contributed by atoms with Gasteiger partial charge >= 0.3 is 0 Å². The highest BCUT2D eigenvalue weighted by molar-refractivity contribution is 7.92. The summed E-state index contributed by atoms with van der Waals surface area (Å²) in [4.78, 5) is 27.9. The maximum absolute atomic E-state index is 13.4. The number of hydrogen-bond acceptors (Lipinski definition) is 4. The first-order chi connectivity index (χ1) is 16.8. The summed E-state index contributed by atoms with van der Waals surface area (Å²) < 4.78 is 26.4. The number of nitrogens with one attached hydrogen (secondary N) is 1. The van der Waals surface area contributed by atoms with Gasteiger partial charge in [-0.2, -0.15) is 0 Å². The van der Waals surface area contributed by atoms with Crippen LogP contribution in [0.1, 0.15) is 56.7 Å². The summed E-state index contributed by atoms with van der Waals surface area (Å²) in [5, 5.41) is 3.40. The molecule has 0 unspecified atom stereocenters. The first-order valence-electron chi connectivity index (χ1n) is 12.2. The molecule has 0 aliphatic rings. The second kappa shape index (κ2) is 13.1. The van der Waals surface area contributed by atoms with E-state index in [1.165, 1.54) is 4.31 Å². The molecule has 0 aliphatic heterocycles. The minimum absolute atomic E-state index is 0.000353. The molecule has 2 aromatic carbocycles. The molecule has 0 heterocycles. The highest BCUT2D eigenvalue weighted by Gasteiger charge is 2.27. The average molecular weight is 536 g/mol. The smallest absolute Gasteiger partial charge is 0.242 e. The molecule has 0 aromatic heterocycles. The summed E-state index contributed by atoms with van der Waals surface area (Å²) in [6.45, 7) is 9.85. The third-order valence-electron chi connectivity index (χ3n) is 6.36. The van der Waals surface area contributed by atoms with E-state index in [9.17, 15) is 18.0 Å². The Bertz CT molecular complexity index is 1170. The van der Waals surface area contributed by atoms with Crippen molar-refractivity contribution in [1.82, 2.24) is 10.2 Å². The van der Waals surface area contributed by atoms with E-state index >= 15 is 0 Å². The molecule has 2 aromatic rings. The monoisotopic (exact) mass is 535 g/mol. The zero-order valence-electron chi connectivity index (χ0n) is 22.0. The SMILES string of the molecule is CC[C@H](C)NC(=O)[C@@H](C)N(Cc1ccccc1C)C(=O)CCCN(c1cc(Cl)ccc1C)S(C)(=O)=O. The number of nitrogens with zero attached hydrogens (tertiary/aromatic N) is 2. The first-order valence-corrected chi connectivity index (χ1v) is 14.5. The van der Waals surface area contributed by atoms with Crippen molar-refractivity contribution in [3.63, 3.8) is 0 Å². The van der Waals surface area contributed by atoms with Crippen LogP contribution in [-0.4, -0.2) is 50.0 Å². The Hall–Kier alpha value is -2.58. The lowest BCUT2D eigenvalue weighted by Crippen LogP contribution is -2.49. The zero-order chi connectivity index (χ0) is 27.0. The Morgan fingerprint density at radius 2 is 1.72 bits per heavy atom. The summed E-state index contributed by atoms with van der Waals surface area (Å²) in [6.07, 6.45) is 2.32. The molecule has 36 heavy (non-hydrogen) atoms. The fourth-order valence-corrected chi connectivity index (χ4v) is 5.03. The second-order valence-electron chi connectivity index (χ2n) is 9.31. The van der Waals surface area contributed by atoms with Crippen LogP contribution in [0.5, 0.6) is 0 Å². The molecule has 0 spiro atoms. The average Bonchev–Trinajstić information content (AvgIpc) is 2.81. The Kier molecular flexibility index (Phi) is 10.8. The lowest BCUT2D eigenvalue weighted by molar-refractivity contribution is -0.140. The molecular formula is C27H38ClN3O4S. The van der Waals surface area contributed by atoms with E-state index in [4.69, 9.17) is 11.6 Å². The van der Waals surface area contributed by atoms with Crippen LogP contribution in [0.25, 0.3) is 0 Å². The van der Waals surface area contributed by atoms with Crippen molar-refractivity contribution < 1.29 is 18.0 Å². The summed E-state index contributed by atoms with van der Waals surface area (Å²) >= 11 is 6.12. The van der Waals surface area contributed by atoms with Crippen LogP contribution < -0.4 is 9.62 Å². The Morgan fingerprint density at radius 3 is 2.33 bits per heavy atom. The van der Waals surface area contributed by atoms with Crippen molar-refractivity contribution >= 4 is 39.1 Å². The van der Waals surface area contributed by atoms with Crippen molar-refractivity contribution in [2.24, 2.45) is 0 Å². The fraction of sp³-hybridized carbons (Fsp3) is 0.481. The number of hydrogen-bond donors (Lipinski definition) is 1. The van der Waals surface area contributed by atoms with Crippen LogP contribution in [0.3, 0.4) is 0 Å². The lowest BCUT2D eigenvalue weighted by Gasteiger charge is -2.30. The summed E-state index contributed by atoms with van der Waals surface area (Å²) in [5.74, 6) is -0.417. The minimum Gasteiger partial charge on any atom is -0.352 e. The van der Waals surface area contributed by atoms with Gasteiger partial charge in [0.25, 0.3) is 0 Å². The predicted molar refractivity (Wildman–Crippen MR) is 147 cm³/mol. The molecule has 198 valence electrons. The number of carbonyl (C=O) groups excluding carboxylic acids is 2. The van der Waals surface area contributed by atoms with Gasteiger partial charge in [-0.15, -0.1) is 0 Å². The largest absolute Gasteiger partial charge is 0.352 e. The molecule has 2 atom stereocenters. The molecule has 0 aliphatic carbocycles. The molecule has 0 saturated heterocycles. The molecule has 0 fully saturated rings. The highest BCUT2D eigenvalue weighted by atomic mass is 35.5. The molecule has 7 nitrogen and oxygen atoms in total. The minimum atomic E-state index is -3.59. The molecule has 1 N–H and O–H groups in total. The topological polar surface area (TPSA) is 86.8 Å². The molecule has 2 amide bonds. The number of carbonyl (C=O) groups is 2. The highest BCUT2D eigenvalue weighted by Crippen LogP contribution is 2.27. The van der Waals surface area contributed by atoms with E-state index in [0.29, 0.717) is 23.7 Å². The maximum atomic E-state index is 13.4. The summed E-state index contributed by atoms with van der Waals surface area (Å²) in [7, 11) is -3.59. The van der Waals surface area contributed by atoms with Crippen LogP contribution in [-0.2, 0) is 26.2 Å². The van der Waals surface area contributed by atoms with Gasteiger partial charge in [0.1, 0.15) is 6.04 Å². The molecule has 2 rings (SSSR count). The van der Waals surface area contributed by atoms with Gasteiger partial charge in [-0.1, -0.05) is 48.9 Å². The maximum Gasteiger partial charge on any atom is 0.242 e. The quantitative estimate of drug-likeness (QED) is 0.421. The Balaban J connectivity index is 2.22. The van der Waals surface area contributed by atoms with Gasteiger partial charge in [-0.3, -0.25) is 13.9 Å². The molecule has 0 radical (unpaired) electrons. The lowest BCUT2D eigenvalue weighted by atomic mass is 10.1. The number of rotatable bonds is 12. The van der Waals surface area contributed by atoms with E-state index in [1.54, 1.807) is 30.0 Å². The molecule has 9 heteroatoms. The van der Waals surface area contributed by atoms with E-state index in [0.717, 1.165) is 29.4 Å². The van der Waals surface area contributed by atoms with Crippen molar-refractivity contribution in [3.8, 4) is 0 Å². The normalized spacial score (nSPS) is 13.1. The van der Waals surface area contributed by atoms with Gasteiger partial charge in [0.05, 0.1) is 11.9 Å². The second-order valence-corrected chi connectivity index (χ2v) is 11.7. The van der Waals surface area contributed by atoms with E-state index in [2.05, 4.69) is 5.32 Å². The Morgan fingerprint density at radius 1 is 1.06 bits per heavy atom. The van der Waals surface area contributed by atoms with Gasteiger partial charge < -0.3 is 10.2 Å². The van der Waals surface area contributed by atoms with Gasteiger partial charge in [0.2, 0.25) is 21.8 Å². The molecule has 0 bridgehead atoms. The van der Waals surface area contributed by atoms with E-state index < -0.39 is 16.1 Å². The van der Waals surface area contributed by atoms with Crippen LogP contribution in [0.15, 0.2) is 42.5 Å². The third-order valence-corrected chi connectivity index (χ3v) is 7.78. The Labute approximate surface area is 220 Å². The first kappa shape index (κ1) is 29.6. The van der Waals surface area contributed by atoms with Crippen LogP contribution >= 0.6 is 11.6 Å². The van der Waals surface area contributed by atoms with Crippen LogP contribution in [0, 0.1) is 13.8 Å². The third kappa shape index (κ3) is 8.23. The number of amides is 2. The summed E-state index contributed by atoms with van der Waals surface area (Å²) in [6, 6.07) is 12.2. The number of halogens is 1. The van der Waals surface area contributed by atoms with Gasteiger partial charge in [0.15, 0.2) is 0 Å². The van der Waals surface area contributed by atoms with Crippen molar-refractivity contribution in [3.05, 3.63) is 64.2 Å². The van der Waals surface area contributed by atoms with E-state index in [1.807, 2.05) is 52.0 Å². The van der Waals surface area contributed by atoms with E-state index in [-0.39, 0.29) is 30.8 Å².